The van der Waals surface area contributed by atoms with Gasteiger partial charge in [0.25, 0.3) is 0 Å². The Balaban J connectivity index is 1.47. The van der Waals surface area contributed by atoms with Gasteiger partial charge in [-0.15, -0.1) is 0 Å². The molecule has 6 nitrogen and oxygen atoms in total. The number of anilines is 1. The van der Waals surface area contributed by atoms with E-state index in [0.717, 1.165) is 33.6 Å². The fourth-order valence-corrected chi connectivity index (χ4v) is 4.08. The average molecular weight is 423 g/mol. The lowest BCUT2D eigenvalue weighted by atomic mass is 9.75. The molecule has 0 amide bonds. The highest BCUT2D eigenvalue weighted by atomic mass is 16.7. The number of carboxylic acids is 1. The van der Waals surface area contributed by atoms with Crippen LogP contribution in [0.4, 0.5) is 5.69 Å². The maximum Gasteiger partial charge on any atom is 0.495 e. The Morgan fingerprint density at radius 3 is 2.55 bits per heavy atom. The SMILES string of the molecule is Cc1c(CNc2ccc3c(c2)OC[C@H]3CC(=O)O)cccc1B1OC(C)(C)C(C)(C)O1. The summed E-state index contributed by atoms with van der Waals surface area (Å²) < 4.78 is 18.2. The van der Waals surface area contributed by atoms with E-state index in [1.165, 1.54) is 0 Å². The van der Waals surface area contributed by atoms with Gasteiger partial charge >= 0.3 is 13.1 Å². The number of hydrogen-bond donors (Lipinski definition) is 2. The van der Waals surface area contributed by atoms with E-state index in [2.05, 4.69) is 52.1 Å². The third kappa shape index (κ3) is 4.17. The Morgan fingerprint density at radius 1 is 1.16 bits per heavy atom. The predicted octanol–water partition coefficient (Wildman–Crippen LogP) is 3.86. The highest BCUT2D eigenvalue weighted by molar-refractivity contribution is 6.62. The van der Waals surface area contributed by atoms with Crippen LogP contribution in [-0.4, -0.2) is 36.0 Å². The summed E-state index contributed by atoms with van der Waals surface area (Å²) in [5.74, 6) is -0.125. The highest BCUT2D eigenvalue weighted by Gasteiger charge is 2.52. The van der Waals surface area contributed by atoms with Crippen LogP contribution < -0.4 is 15.5 Å². The van der Waals surface area contributed by atoms with Crippen LogP contribution in [0.25, 0.3) is 0 Å². The highest BCUT2D eigenvalue weighted by Crippen LogP contribution is 2.38. The first-order valence-electron chi connectivity index (χ1n) is 10.7. The fourth-order valence-electron chi connectivity index (χ4n) is 4.08. The smallest absolute Gasteiger partial charge is 0.493 e. The lowest BCUT2D eigenvalue weighted by Gasteiger charge is -2.32. The standard InChI is InChI=1S/C24H30BNO5/c1-15-16(7-6-8-20(15)25-30-23(2,3)24(4,5)31-25)13-26-18-9-10-19-17(11-22(27)28)14-29-21(19)12-18/h6-10,12,17,26H,11,13-14H2,1-5H3,(H,27,28)/t17-/m1/s1. The van der Waals surface area contributed by atoms with E-state index in [9.17, 15) is 4.79 Å². The van der Waals surface area contributed by atoms with Gasteiger partial charge in [0, 0.05) is 29.8 Å². The second-order valence-corrected chi connectivity index (χ2v) is 9.43. The summed E-state index contributed by atoms with van der Waals surface area (Å²) in [6, 6.07) is 12.1. The normalized spacial score (nSPS) is 20.9. The largest absolute Gasteiger partial charge is 0.495 e. The van der Waals surface area contributed by atoms with Crippen molar-refractivity contribution in [2.75, 3.05) is 11.9 Å². The first-order valence-corrected chi connectivity index (χ1v) is 10.7. The number of ether oxygens (including phenoxy) is 1. The lowest BCUT2D eigenvalue weighted by molar-refractivity contribution is -0.137. The second kappa shape index (κ2) is 7.88. The van der Waals surface area contributed by atoms with Gasteiger partial charge in [0.15, 0.2) is 0 Å². The third-order valence-electron chi connectivity index (χ3n) is 6.79. The predicted molar refractivity (Wildman–Crippen MR) is 121 cm³/mol. The van der Waals surface area contributed by atoms with Gasteiger partial charge in [-0.3, -0.25) is 4.79 Å². The van der Waals surface area contributed by atoms with Gasteiger partial charge in [0.2, 0.25) is 0 Å². The fraction of sp³-hybridized carbons (Fsp3) is 0.458. The summed E-state index contributed by atoms with van der Waals surface area (Å²) in [5.41, 5.74) is 4.52. The molecule has 0 radical (unpaired) electrons. The number of rotatable bonds is 6. The van der Waals surface area contributed by atoms with E-state index in [1.807, 2.05) is 24.3 Å². The van der Waals surface area contributed by atoms with Crippen molar-refractivity contribution in [1.82, 2.24) is 0 Å². The number of nitrogens with one attached hydrogen (secondary N) is 1. The maximum absolute atomic E-state index is 11.0. The first-order chi connectivity index (χ1) is 14.6. The molecule has 0 spiro atoms. The molecule has 1 fully saturated rings. The third-order valence-corrected chi connectivity index (χ3v) is 6.79. The van der Waals surface area contributed by atoms with Gasteiger partial charge in [-0.05, 0) is 57.3 Å². The summed E-state index contributed by atoms with van der Waals surface area (Å²) in [6.45, 7) is 11.4. The van der Waals surface area contributed by atoms with Crippen molar-refractivity contribution in [3.05, 3.63) is 53.1 Å². The maximum atomic E-state index is 11.0. The number of fused-ring (bicyclic) bond motifs is 1. The Bertz CT molecular complexity index is 987. The number of benzene rings is 2. The zero-order chi connectivity index (χ0) is 22.4. The Labute approximate surface area is 184 Å². The van der Waals surface area contributed by atoms with E-state index < -0.39 is 5.97 Å². The van der Waals surface area contributed by atoms with E-state index in [4.69, 9.17) is 19.2 Å². The van der Waals surface area contributed by atoms with Crippen molar-refractivity contribution in [3.63, 3.8) is 0 Å². The van der Waals surface area contributed by atoms with Crippen molar-refractivity contribution in [1.29, 1.82) is 0 Å². The van der Waals surface area contributed by atoms with Crippen LogP contribution >= 0.6 is 0 Å². The molecular formula is C24H30BNO5. The molecule has 0 bridgehead atoms. The number of aliphatic carboxylic acids is 1. The molecule has 2 aromatic carbocycles. The van der Waals surface area contributed by atoms with Crippen LogP contribution in [0.1, 0.15) is 56.7 Å². The van der Waals surface area contributed by atoms with Crippen molar-refractivity contribution >= 4 is 24.2 Å². The molecule has 0 unspecified atom stereocenters. The summed E-state index contributed by atoms with van der Waals surface area (Å²) in [4.78, 5) is 11.0. The van der Waals surface area contributed by atoms with Gasteiger partial charge < -0.3 is 24.5 Å². The molecule has 7 heteroatoms. The molecule has 0 aromatic heterocycles. The molecule has 2 N–H and O–H groups in total. The van der Waals surface area contributed by atoms with Gasteiger partial charge in [-0.2, -0.15) is 0 Å². The molecule has 4 rings (SSSR count). The zero-order valence-corrected chi connectivity index (χ0v) is 18.8. The van der Waals surface area contributed by atoms with Crippen molar-refractivity contribution in [2.45, 2.75) is 64.7 Å². The topological polar surface area (TPSA) is 77.0 Å². The molecule has 31 heavy (non-hydrogen) atoms. The molecule has 2 aromatic rings. The van der Waals surface area contributed by atoms with Crippen LogP contribution in [0.3, 0.4) is 0 Å². The van der Waals surface area contributed by atoms with Gasteiger partial charge in [0.05, 0.1) is 24.2 Å². The minimum atomic E-state index is -0.805. The van der Waals surface area contributed by atoms with E-state index in [-0.39, 0.29) is 30.7 Å². The first kappa shape index (κ1) is 21.7. The number of carboxylic acid groups (broad SMARTS) is 1. The van der Waals surface area contributed by atoms with E-state index >= 15 is 0 Å². The molecule has 2 aliphatic heterocycles. The summed E-state index contributed by atoms with van der Waals surface area (Å²) >= 11 is 0. The molecular weight excluding hydrogens is 393 g/mol. The minimum Gasteiger partial charge on any atom is -0.493 e. The Kier molecular flexibility index (Phi) is 5.52. The molecule has 1 saturated heterocycles. The summed E-state index contributed by atoms with van der Waals surface area (Å²) in [5, 5.41) is 12.5. The van der Waals surface area contributed by atoms with Gasteiger partial charge in [-0.1, -0.05) is 24.3 Å². The molecule has 164 valence electrons. The zero-order valence-electron chi connectivity index (χ0n) is 18.8. The summed E-state index contributed by atoms with van der Waals surface area (Å²) in [6.07, 6.45) is 0.0880. The molecule has 2 heterocycles. The summed E-state index contributed by atoms with van der Waals surface area (Å²) in [7, 11) is -0.385. The van der Waals surface area contributed by atoms with Crippen LogP contribution in [0.5, 0.6) is 5.75 Å². The molecule has 2 aliphatic rings. The monoisotopic (exact) mass is 423 g/mol. The molecule has 0 aliphatic carbocycles. The number of carbonyl (C=O) groups is 1. The molecule has 0 saturated carbocycles. The van der Waals surface area contributed by atoms with E-state index in [0.29, 0.717) is 13.2 Å². The van der Waals surface area contributed by atoms with Crippen molar-refractivity contribution in [3.8, 4) is 5.75 Å². The quantitative estimate of drug-likeness (QED) is 0.688. The van der Waals surface area contributed by atoms with Crippen molar-refractivity contribution < 1.29 is 23.9 Å². The minimum absolute atomic E-state index is 0.0830. The van der Waals surface area contributed by atoms with Crippen LogP contribution in [0.2, 0.25) is 0 Å². The lowest BCUT2D eigenvalue weighted by Crippen LogP contribution is -2.41. The van der Waals surface area contributed by atoms with Crippen molar-refractivity contribution in [2.24, 2.45) is 0 Å². The van der Waals surface area contributed by atoms with Crippen LogP contribution in [0.15, 0.2) is 36.4 Å². The van der Waals surface area contributed by atoms with Gasteiger partial charge in [-0.25, -0.2) is 0 Å². The van der Waals surface area contributed by atoms with Crippen LogP contribution in [-0.2, 0) is 20.6 Å². The van der Waals surface area contributed by atoms with E-state index in [1.54, 1.807) is 0 Å². The molecule has 1 atom stereocenters. The second-order valence-electron chi connectivity index (χ2n) is 9.43. The van der Waals surface area contributed by atoms with Gasteiger partial charge in [0.1, 0.15) is 5.75 Å². The Hall–Kier alpha value is -2.51. The average Bonchev–Trinajstić information content (AvgIpc) is 3.17. The number of hydrogen-bond acceptors (Lipinski definition) is 5. The van der Waals surface area contributed by atoms with Crippen LogP contribution in [0, 0.1) is 6.92 Å². The Morgan fingerprint density at radius 2 is 1.87 bits per heavy atom.